The van der Waals surface area contributed by atoms with E-state index in [1.165, 1.54) is 31.0 Å². The zero-order chi connectivity index (χ0) is 15.8. The van der Waals surface area contributed by atoms with E-state index in [0.717, 1.165) is 6.07 Å². The summed E-state index contributed by atoms with van der Waals surface area (Å²) in [6.45, 7) is 0. The highest BCUT2D eigenvalue weighted by Crippen LogP contribution is 2.20. The van der Waals surface area contributed by atoms with E-state index in [2.05, 4.69) is 10.6 Å². The standard InChI is InChI=1S/C13H17FN2O4S/c1-20-8-3-4-9(14)11(7-8)16-13(19)15-10(12(17)18)5-6-21-2/h3-4,7,10H,5-6H2,1-2H3,(H,17,18)(H2,15,16,19)/t10-/m0/s1. The molecule has 116 valence electrons. The monoisotopic (exact) mass is 316 g/mol. The van der Waals surface area contributed by atoms with E-state index < -0.39 is 23.9 Å². The average Bonchev–Trinajstić information content (AvgIpc) is 2.45. The molecule has 0 aliphatic rings. The van der Waals surface area contributed by atoms with Gasteiger partial charge in [-0.3, -0.25) is 0 Å². The van der Waals surface area contributed by atoms with Gasteiger partial charge in [-0.1, -0.05) is 0 Å². The van der Waals surface area contributed by atoms with Gasteiger partial charge in [-0.05, 0) is 30.6 Å². The molecule has 0 heterocycles. The zero-order valence-electron chi connectivity index (χ0n) is 11.7. The minimum atomic E-state index is -1.13. The fourth-order valence-corrected chi connectivity index (χ4v) is 2.01. The highest BCUT2D eigenvalue weighted by Gasteiger charge is 2.20. The summed E-state index contributed by atoms with van der Waals surface area (Å²) in [4.78, 5) is 22.8. The molecule has 1 aromatic rings. The topological polar surface area (TPSA) is 87.7 Å². The van der Waals surface area contributed by atoms with Crippen LogP contribution in [0.25, 0.3) is 0 Å². The number of thioether (sulfide) groups is 1. The number of amides is 2. The van der Waals surface area contributed by atoms with Crippen LogP contribution in [0.5, 0.6) is 5.75 Å². The molecule has 2 amide bonds. The van der Waals surface area contributed by atoms with E-state index in [-0.39, 0.29) is 12.1 Å². The number of ether oxygens (including phenoxy) is 1. The van der Waals surface area contributed by atoms with Crippen molar-refractivity contribution in [3.05, 3.63) is 24.0 Å². The molecule has 8 heteroatoms. The van der Waals surface area contributed by atoms with Crippen LogP contribution < -0.4 is 15.4 Å². The van der Waals surface area contributed by atoms with Gasteiger partial charge in [-0.25, -0.2) is 14.0 Å². The van der Waals surface area contributed by atoms with Crippen molar-refractivity contribution in [2.24, 2.45) is 0 Å². The van der Waals surface area contributed by atoms with Crippen molar-refractivity contribution in [2.75, 3.05) is 24.4 Å². The number of urea groups is 1. The van der Waals surface area contributed by atoms with Crippen LogP contribution in [0.1, 0.15) is 6.42 Å². The summed E-state index contributed by atoms with van der Waals surface area (Å²) in [6, 6.07) is 2.07. The Morgan fingerprint density at radius 3 is 2.76 bits per heavy atom. The first kappa shape index (κ1) is 17.1. The summed E-state index contributed by atoms with van der Waals surface area (Å²) in [5.74, 6) is -0.804. The molecule has 0 saturated heterocycles. The number of hydrogen-bond donors (Lipinski definition) is 3. The van der Waals surface area contributed by atoms with Crippen molar-refractivity contribution in [1.82, 2.24) is 5.32 Å². The molecule has 1 aromatic carbocycles. The van der Waals surface area contributed by atoms with Crippen molar-refractivity contribution in [3.63, 3.8) is 0 Å². The lowest BCUT2D eigenvalue weighted by molar-refractivity contribution is -0.139. The van der Waals surface area contributed by atoms with E-state index in [9.17, 15) is 14.0 Å². The first-order valence-electron chi connectivity index (χ1n) is 6.10. The Balaban J connectivity index is 2.69. The van der Waals surface area contributed by atoms with E-state index in [1.54, 1.807) is 0 Å². The molecule has 0 aromatic heterocycles. The number of methoxy groups -OCH3 is 1. The maximum Gasteiger partial charge on any atom is 0.326 e. The third-order valence-corrected chi connectivity index (χ3v) is 3.28. The van der Waals surface area contributed by atoms with Crippen molar-refractivity contribution >= 4 is 29.4 Å². The lowest BCUT2D eigenvalue weighted by atomic mass is 10.2. The quantitative estimate of drug-likeness (QED) is 0.717. The SMILES string of the molecule is COc1ccc(F)c(NC(=O)N[C@@H](CCSC)C(=O)O)c1. The minimum absolute atomic E-state index is 0.0825. The van der Waals surface area contributed by atoms with Crippen LogP contribution in [0.3, 0.4) is 0 Å². The van der Waals surface area contributed by atoms with Crippen molar-refractivity contribution in [2.45, 2.75) is 12.5 Å². The van der Waals surface area contributed by atoms with Crippen molar-refractivity contribution < 1.29 is 23.8 Å². The summed E-state index contributed by atoms with van der Waals surface area (Å²) in [5, 5.41) is 13.6. The smallest absolute Gasteiger partial charge is 0.326 e. The molecule has 0 unspecified atom stereocenters. The Labute approximate surface area is 126 Å². The molecule has 0 aliphatic carbocycles. The molecule has 0 spiro atoms. The third kappa shape index (κ3) is 5.50. The number of benzene rings is 1. The van der Waals surface area contributed by atoms with Gasteiger partial charge in [0.1, 0.15) is 17.6 Å². The van der Waals surface area contributed by atoms with Crippen LogP contribution in [-0.4, -0.2) is 42.3 Å². The summed E-state index contributed by atoms with van der Waals surface area (Å²) in [7, 11) is 1.42. The predicted molar refractivity (Wildman–Crippen MR) is 79.5 cm³/mol. The van der Waals surface area contributed by atoms with E-state index in [0.29, 0.717) is 11.5 Å². The van der Waals surface area contributed by atoms with Crippen molar-refractivity contribution in [3.8, 4) is 5.75 Å². The summed E-state index contributed by atoms with van der Waals surface area (Å²) >= 11 is 1.47. The highest BCUT2D eigenvalue weighted by atomic mass is 32.2. The number of carbonyl (C=O) groups is 2. The maximum absolute atomic E-state index is 13.5. The summed E-state index contributed by atoms with van der Waals surface area (Å²) < 4.78 is 18.5. The molecule has 0 aliphatic heterocycles. The summed E-state index contributed by atoms with van der Waals surface area (Å²) in [5.41, 5.74) is -0.0825. The van der Waals surface area contributed by atoms with Crippen LogP contribution in [0.4, 0.5) is 14.9 Å². The molecule has 21 heavy (non-hydrogen) atoms. The number of carbonyl (C=O) groups excluding carboxylic acids is 1. The normalized spacial score (nSPS) is 11.6. The van der Waals surface area contributed by atoms with Crippen LogP contribution in [-0.2, 0) is 4.79 Å². The van der Waals surface area contributed by atoms with Gasteiger partial charge in [-0.2, -0.15) is 11.8 Å². The van der Waals surface area contributed by atoms with Crippen LogP contribution >= 0.6 is 11.8 Å². The maximum atomic E-state index is 13.5. The van der Waals surface area contributed by atoms with E-state index in [1.807, 2.05) is 6.26 Å². The average molecular weight is 316 g/mol. The lowest BCUT2D eigenvalue weighted by Crippen LogP contribution is -2.43. The Kier molecular flexibility index (Phi) is 6.80. The largest absolute Gasteiger partial charge is 0.497 e. The first-order valence-corrected chi connectivity index (χ1v) is 7.50. The first-order chi connectivity index (χ1) is 9.97. The van der Waals surface area contributed by atoms with Gasteiger partial charge >= 0.3 is 12.0 Å². The second-order valence-corrected chi connectivity index (χ2v) is 5.10. The number of hydrogen-bond acceptors (Lipinski definition) is 4. The van der Waals surface area contributed by atoms with E-state index >= 15 is 0 Å². The lowest BCUT2D eigenvalue weighted by Gasteiger charge is -2.15. The van der Waals surface area contributed by atoms with Gasteiger partial charge in [-0.15, -0.1) is 0 Å². The van der Waals surface area contributed by atoms with Crippen LogP contribution in [0, 0.1) is 5.82 Å². The number of aliphatic carboxylic acids is 1. The van der Waals surface area contributed by atoms with Crippen LogP contribution in [0.15, 0.2) is 18.2 Å². The van der Waals surface area contributed by atoms with Gasteiger partial charge < -0.3 is 20.5 Å². The van der Waals surface area contributed by atoms with Gasteiger partial charge in [0.2, 0.25) is 0 Å². The fourth-order valence-electron chi connectivity index (χ4n) is 1.54. The predicted octanol–water partition coefficient (Wildman–Crippen LogP) is 2.16. The Morgan fingerprint density at radius 1 is 1.48 bits per heavy atom. The second-order valence-electron chi connectivity index (χ2n) is 4.12. The number of carboxylic acid groups (broad SMARTS) is 1. The second kappa shape index (κ2) is 8.35. The molecule has 3 N–H and O–H groups in total. The fraction of sp³-hybridized carbons (Fsp3) is 0.385. The number of carboxylic acids is 1. The molecule has 6 nitrogen and oxygen atoms in total. The molecule has 0 saturated carbocycles. The number of nitrogens with one attached hydrogen (secondary N) is 2. The molecule has 0 bridgehead atoms. The van der Waals surface area contributed by atoms with Gasteiger partial charge in [0, 0.05) is 6.07 Å². The van der Waals surface area contributed by atoms with Crippen molar-refractivity contribution in [1.29, 1.82) is 0 Å². The molecule has 0 radical (unpaired) electrons. The number of rotatable bonds is 7. The molecule has 0 fully saturated rings. The van der Waals surface area contributed by atoms with Crippen LogP contribution in [0.2, 0.25) is 0 Å². The zero-order valence-corrected chi connectivity index (χ0v) is 12.5. The Hall–Kier alpha value is -1.96. The minimum Gasteiger partial charge on any atom is -0.497 e. The highest BCUT2D eigenvalue weighted by molar-refractivity contribution is 7.98. The summed E-state index contributed by atoms with van der Waals surface area (Å²) in [6.07, 6.45) is 2.12. The molecule has 1 rings (SSSR count). The molecular weight excluding hydrogens is 299 g/mol. The van der Waals surface area contributed by atoms with Gasteiger partial charge in [0.05, 0.1) is 12.8 Å². The number of halogens is 1. The van der Waals surface area contributed by atoms with Gasteiger partial charge in [0.25, 0.3) is 0 Å². The van der Waals surface area contributed by atoms with Gasteiger partial charge in [0.15, 0.2) is 0 Å². The van der Waals surface area contributed by atoms with E-state index in [4.69, 9.17) is 9.84 Å². The Bertz CT molecular complexity index is 513. The third-order valence-electron chi connectivity index (χ3n) is 2.64. The molecule has 1 atom stereocenters. The molecular formula is C13H17FN2O4S. The number of anilines is 1. The Morgan fingerprint density at radius 2 is 2.19 bits per heavy atom.